The maximum absolute atomic E-state index is 11.5. The summed E-state index contributed by atoms with van der Waals surface area (Å²) in [4.78, 5) is 2.26. The molecule has 1 fully saturated rings. The summed E-state index contributed by atoms with van der Waals surface area (Å²) in [5.74, 6) is 0.635. The molecule has 0 amide bonds. The molecule has 1 aliphatic rings. The number of aliphatic hydroxyl groups is 1. The third-order valence-corrected chi connectivity index (χ3v) is 6.34. The predicted molar refractivity (Wildman–Crippen MR) is 94.2 cm³/mol. The number of hydrogen-bond acceptors (Lipinski definition) is 4. The van der Waals surface area contributed by atoms with Gasteiger partial charge in [-0.25, -0.2) is 8.42 Å². The largest absolute Gasteiger partial charge is 0.390 e. The van der Waals surface area contributed by atoms with Crippen molar-refractivity contribution < 1.29 is 13.5 Å². The SMILES string of the molecule is CN(Cc1ccc(CCC(C)(C)O)cc1)C1CCS(=O)(=O)CC1. The van der Waals surface area contributed by atoms with Gasteiger partial charge in [-0.1, -0.05) is 24.3 Å². The van der Waals surface area contributed by atoms with Gasteiger partial charge in [0.25, 0.3) is 0 Å². The van der Waals surface area contributed by atoms with Crippen molar-refractivity contribution in [2.75, 3.05) is 18.6 Å². The van der Waals surface area contributed by atoms with Gasteiger partial charge in [0.2, 0.25) is 0 Å². The Labute approximate surface area is 140 Å². The van der Waals surface area contributed by atoms with Crippen molar-refractivity contribution in [2.24, 2.45) is 0 Å². The second-order valence-corrected chi connectivity index (χ2v) is 9.73. The first-order valence-electron chi connectivity index (χ1n) is 8.35. The molecule has 0 unspecified atom stereocenters. The smallest absolute Gasteiger partial charge is 0.150 e. The van der Waals surface area contributed by atoms with E-state index in [9.17, 15) is 13.5 Å². The highest BCUT2D eigenvalue weighted by atomic mass is 32.2. The van der Waals surface area contributed by atoms with Crippen molar-refractivity contribution in [3.63, 3.8) is 0 Å². The molecule has 1 heterocycles. The van der Waals surface area contributed by atoms with Gasteiger partial charge in [0.05, 0.1) is 17.1 Å². The molecule has 0 atom stereocenters. The molecule has 0 aromatic heterocycles. The lowest BCUT2D eigenvalue weighted by Crippen LogP contribution is -2.38. The fourth-order valence-electron chi connectivity index (χ4n) is 3.00. The van der Waals surface area contributed by atoms with E-state index in [0.29, 0.717) is 17.5 Å². The Morgan fingerprint density at radius 1 is 1.13 bits per heavy atom. The molecule has 1 N–H and O–H groups in total. The number of nitrogens with zero attached hydrogens (tertiary/aromatic N) is 1. The minimum Gasteiger partial charge on any atom is -0.390 e. The van der Waals surface area contributed by atoms with Crippen LogP contribution in [0.3, 0.4) is 0 Å². The highest BCUT2D eigenvalue weighted by Gasteiger charge is 2.26. The lowest BCUT2D eigenvalue weighted by atomic mass is 9.98. The fraction of sp³-hybridized carbons (Fsp3) is 0.667. The van der Waals surface area contributed by atoms with E-state index in [1.807, 2.05) is 13.8 Å². The van der Waals surface area contributed by atoms with E-state index in [0.717, 1.165) is 32.2 Å². The third-order valence-electron chi connectivity index (χ3n) is 4.63. The maximum Gasteiger partial charge on any atom is 0.150 e. The van der Waals surface area contributed by atoms with Gasteiger partial charge in [0.1, 0.15) is 9.84 Å². The van der Waals surface area contributed by atoms with E-state index >= 15 is 0 Å². The molecule has 1 aromatic rings. The van der Waals surface area contributed by atoms with Gasteiger partial charge >= 0.3 is 0 Å². The number of hydrogen-bond donors (Lipinski definition) is 1. The number of rotatable bonds is 6. The van der Waals surface area contributed by atoms with Gasteiger partial charge in [-0.3, -0.25) is 4.90 Å². The topological polar surface area (TPSA) is 57.6 Å². The van der Waals surface area contributed by atoms with Gasteiger partial charge in [-0.15, -0.1) is 0 Å². The van der Waals surface area contributed by atoms with E-state index in [4.69, 9.17) is 0 Å². The van der Waals surface area contributed by atoms with E-state index in [1.54, 1.807) is 0 Å². The zero-order chi connectivity index (χ0) is 17.1. The summed E-state index contributed by atoms with van der Waals surface area (Å²) in [6.07, 6.45) is 3.11. The molecule has 5 heteroatoms. The minimum absolute atomic E-state index is 0.317. The average Bonchev–Trinajstić information content (AvgIpc) is 2.45. The lowest BCUT2D eigenvalue weighted by molar-refractivity contribution is 0.0714. The van der Waals surface area contributed by atoms with Crippen molar-refractivity contribution in [1.29, 1.82) is 0 Å². The summed E-state index contributed by atoms with van der Waals surface area (Å²) in [5.41, 5.74) is 1.86. The standard InChI is InChI=1S/C18H29NO3S/c1-18(2,20)11-8-15-4-6-16(7-5-15)14-19(3)17-9-12-23(21,22)13-10-17/h4-7,17,20H,8-14H2,1-3H3. The molecular weight excluding hydrogens is 310 g/mol. The van der Waals surface area contributed by atoms with E-state index < -0.39 is 15.4 Å². The first-order chi connectivity index (χ1) is 10.6. The lowest BCUT2D eigenvalue weighted by Gasteiger charge is -2.31. The van der Waals surface area contributed by atoms with E-state index in [-0.39, 0.29) is 0 Å². The summed E-state index contributed by atoms with van der Waals surface area (Å²) >= 11 is 0. The van der Waals surface area contributed by atoms with Crippen molar-refractivity contribution >= 4 is 9.84 Å². The van der Waals surface area contributed by atoms with Crippen LogP contribution in [0.4, 0.5) is 0 Å². The van der Waals surface area contributed by atoms with Crippen LogP contribution in [0.5, 0.6) is 0 Å². The maximum atomic E-state index is 11.5. The molecule has 0 saturated carbocycles. The van der Waals surface area contributed by atoms with Gasteiger partial charge in [0.15, 0.2) is 0 Å². The van der Waals surface area contributed by atoms with Crippen molar-refractivity contribution in [1.82, 2.24) is 4.90 Å². The molecular formula is C18H29NO3S. The first kappa shape index (κ1) is 18.4. The van der Waals surface area contributed by atoms with Crippen LogP contribution in [-0.4, -0.2) is 48.6 Å². The molecule has 1 aromatic carbocycles. The van der Waals surface area contributed by atoms with Crippen LogP contribution in [-0.2, 0) is 22.8 Å². The Bertz CT molecular complexity index is 588. The Morgan fingerprint density at radius 2 is 1.65 bits per heavy atom. The van der Waals surface area contributed by atoms with Gasteiger partial charge < -0.3 is 5.11 Å². The van der Waals surface area contributed by atoms with Crippen LogP contribution in [0.15, 0.2) is 24.3 Å². The van der Waals surface area contributed by atoms with E-state index in [1.165, 1.54) is 11.1 Å². The van der Waals surface area contributed by atoms with Crippen LogP contribution in [0.1, 0.15) is 44.2 Å². The molecule has 1 saturated heterocycles. The minimum atomic E-state index is -2.79. The zero-order valence-corrected chi connectivity index (χ0v) is 15.3. The third kappa shape index (κ3) is 6.24. The second-order valence-electron chi connectivity index (χ2n) is 7.43. The molecule has 0 spiro atoms. The molecule has 1 aliphatic heterocycles. The van der Waals surface area contributed by atoms with Crippen LogP contribution in [0.25, 0.3) is 0 Å². The summed E-state index contributed by atoms with van der Waals surface area (Å²) < 4.78 is 23.0. The number of sulfone groups is 1. The molecule has 0 bridgehead atoms. The zero-order valence-electron chi connectivity index (χ0n) is 14.5. The number of benzene rings is 1. The highest BCUT2D eigenvalue weighted by Crippen LogP contribution is 2.19. The Balaban J connectivity index is 1.86. The van der Waals surface area contributed by atoms with Crippen molar-refractivity contribution in [2.45, 2.75) is 57.7 Å². The first-order valence-corrected chi connectivity index (χ1v) is 10.2. The quantitative estimate of drug-likeness (QED) is 0.865. The van der Waals surface area contributed by atoms with Gasteiger partial charge in [-0.2, -0.15) is 0 Å². The monoisotopic (exact) mass is 339 g/mol. The molecule has 2 rings (SSSR count). The number of aryl methyl sites for hydroxylation is 1. The second kappa shape index (κ2) is 7.32. The van der Waals surface area contributed by atoms with E-state index in [2.05, 4.69) is 36.2 Å². The van der Waals surface area contributed by atoms with Crippen LogP contribution < -0.4 is 0 Å². The van der Waals surface area contributed by atoms with Crippen LogP contribution in [0, 0.1) is 0 Å². The molecule has 23 heavy (non-hydrogen) atoms. The summed E-state index contributed by atoms with van der Waals surface area (Å²) in [5, 5.41) is 9.78. The summed E-state index contributed by atoms with van der Waals surface area (Å²) in [6.45, 7) is 4.51. The summed E-state index contributed by atoms with van der Waals surface area (Å²) in [6, 6.07) is 8.87. The van der Waals surface area contributed by atoms with Gasteiger partial charge in [-0.05, 0) is 57.7 Å². The Morgan fingerprint density at radius 3 is 2.17 bits per heavy atom. The summed E-state index contributed by atoms with van der Waals surface area (Å²) in [7, 11) is -0.719. The molecule has 0 aliphatic carbocycles. The van der Waals surface area contributed by atoms with Crippen LogP contribution >= 0.6 is 0 Å². The predicted octanol–water partition coefficient (Wildman–Crippen LogP) is 2.40. The van der Waals surface area contributed by atoms with Crippen molar-refractivity contribution in [3.8, 4) is 0 Å². The molecule has 130 valence electrons. The Hall–Kier alpha value is -0.910. The Kier molecular flexibility index (Phi) is 5.87. The fourth-order valence-corrected chi connectivity index (χ4v) is 4.46. The molecule has 4 nitrogen and oxygen atoms in total. The average molecular weight is 340 g/mol. The normalized spacial score (nSPS) is 19.2. The van der Waals surface area contributed by atoms with Gasteiger partial charge in [0, 0.05) is 12.6 Å². The van der Waals surface area contributed by atoms with Crippen molar-refractivity contribution in [3.05, 3.63) is 35.4 Å². The molecule has 0 radical (unpaired) electrons. The highest BCUT2D eigenvalue weighted by molar-refractivity contribution is 7.91. The van der Waals surface area contributed by atoms with Crippen LogP contribution in [0.2, 0.25) is 0 Å².